The second-order valence-electron chi connectivity index (χ2n) is 4.53. The molecule has 16 heavy (non-hydrogen) atoms. The Morgan fingerprint density at radius 1 is 1.44 bits per heavy atom. The van der Waals surface area contributed by atoms with Crippen molar-refractivity contribution in [2.24, 2.45) is 5.41 Å². The van der Waals surface area contributed by atoms with Crippen molar-refractivity contribution in [3.05, 3.63) is 23.8 Å². The summed E-state index contributed by atoms with van der Waals surface area (Å²) in [6.45, 7) is 4.29. The zero-order chi connectivity index (χ0) is 11.8. The monoisotopic (exact) mass is 215 g/mol. The van der Waals surface area contributed by atoms with E-state index in [1.807, 2.05) is 19.9 Å². The van der Waals surface area contributed by atoms with E-state index in [0.29, 0.717) is 17.8 Å². The first-order valence-corrected chi connectivity index (χ1v) is 5.13. The van der Waals surface area contributed by atoms with E-state index in [2.05, 4.69) is 16.7 Å². The number of nitrogens with zero attached hydrogens (tertiary/aromatic N) is 1. The van der Waals surface area contributed by atoms with Gasteiger partial charge in [-0.15, -0.1) is 0 Å². The summed E-state index contributed by atoms with van der Waals surface area (Å²) in [5.41, 5.74) is 1.39. The molecule has 1 aromatic rings. The van der Waals surface area contributed by atoms with E-state index in [9.17, 15) is 4.79 Å². The molecule has 0 bridgehead atoms. The number of benzene rings is 1. The van der Waals surface area contributed by atoms with Crippen molar-refractivity contribution in [2.45, 2.75) is 13.8 Å². The summed E-state index contributed by atoms with van der Waals surface area (Å²) in [5.74, 6) is -0.0681. The van der Waals surface area contributed by atoms with E-state index in [1.54, 1.807) is 12.1 Å². The van der Waals surface area contributed by atoms with Gasteiger partial charge in [-0.25, -0.2) is 0 Å². The molecule has 0 radical (unpaired) electrons. The van der Waals surface area contributed by atoms with Crippen LogP contribution in [0.4, 0.5) is 11.4 Å². The van der Waals surface area contributed by atoms with Crippen LogP contribution in [0.3, 0.4) is 0 Å². The molecular formula is C12H13N3O. The van der Waals surface area contributed by atoms with Crippen LogP contribution in [-0.4, -0.2) is 12.5 Å². The Labute approximate surface area is 94.3 Å². The highest BCUT2D eigenvalue weighted by Gasteiger charge is 2.31. The first-order valence-electron chi connectivity index (χ1n) is 5.13. The van der Waals surface area contributed by atoms with Gasteiger partial charge in [-0.3, -0.25) is 4.79 Å². The predicted molar refractivity (Wildman–Crippen MR) is 62.1 cm³/mol. The van der Waals surface area contributed by atoms with Crippen molar-refractivity contribution in [2.75, 3.05) is 17.2 Å². The lowest BCUT2D eigenvalue weighted by Crippen LogP contribution is -2.34. The molecule has 0 unspecified atom stereocenters. The maximum absolute atomic E-state index is 11.9. The smallest absolute Gasteiger partial charge is 0.231 e. The fraction of sp³-hybridized carbons (Fsp3) is 0.333. The lowest BCUT2D eigenvalue weighted by molar-refractivity contribution is -0.123. The zero-order valence-corrected chi connectivity index (χ0v) is 9.29. The van der Waals surface area contributed by atoms with Crippen LogP contribution < -0.4 is 10.6 Å². The molecule has 0 atom stereocenters. The summed E-state index contributed by atoms with van der Waals surface area (Å²) in [4.78, 5) is 11.9. The quantitative estimate of drug-likeness (QED) is 0.695. The van der Waals surface area contributed by atoms with E-state index in [-0.39, 0.29) is 5.91 Å². The number of para-hydroxylation sites is 1. The van der Waals surface area contributed by atoms with Gasteiger partial charge in [0.15, 0.2) is 0 Å². The molecule has 1 amide bonds. The second kappa shape index (κ2) is 3.53. The minimum atomic E-state index is -0.480. The van der Waals surface area contributed by atoms with Crippen LogP contribution in [0.15, 0.2) is 18.2 Å². The van der Waals surface area contributed by atoms with Crippen LogP contribution in [0.2, 0.25) is 0 Å². The average molecular weight is 215 g/mol. The van der Waals surface area contributed by atoms with Crippen molar-refractivity contribution in [1.82, 2.24) is 0 Å². The molecule has 1 aliphatic heterocycles. The molecule has 0 aromatic heterocycles. The topological polar surface area (TPSA) is 64.9 Å². The van der Waals surface area contributed by atoms with Crippen LogP contribution in [0.25, 0.3) is 0 Å². The van der Waals surface area contributed by atoms with Gasteiger partial charge in [0.25, 0.3) is 0 Å². The van der Waals surface area contributed by atoms with Gasteiger partial charge >= 0.3 is 0 Å². The summed E-state index contributed by atoms with van der Waals surface area (Å²) in [6.07, 6.45) is 0. The number of nitriles is 1. The fourth-order valence-electron chi connectivity index (χ4n) is 1.61. The predicted octanol–water partition coefficient (Wildman–Crippen LogP) is 1.95. The van der Waals surface area contributed by atoms with Gasteiger partial charge in [0, 0.05) is 6.54 Å². The number of fused-ring (bicyclic) bond motifs is 1. The van der Waals surface area contributed by atoms with E-state index < -0.39 is 5.41 Å². The fourth-order valence-corrected chi connectivity index (χ4v) is 1.61. The minimum absolute atomic E-state index is 0.0681. The Bertz CT molecular complexity index is 486. The Kier molecular flexibility index (Phi) is 2.31. The number of rotatable bonds is 0. The average Bonchev–Trinajstić information content (AvgIpc) is 2.37. The molecule has 2 N–H and O–H groups in total. The summed E-state index contributed by atoms with van der Waals surface area (Å²) in [7, 11) is 0. The minimum Gasteiger partial charge on any atom is -0.382 e. The number of carbonyl (C=O) groups excluding carboxylic acids is 1. The summed E-state index contributed by atoms with van der Waals surface area (Å²) < 4.78 is 0. The van der Waals surface area contributed by atoms with Gasteiger partial charge in [0.05, 0.1) is 22.4 Å². The Hall–Kier alpha value is -2.02. The molecule has 1 heterocycles. The van der Waals surface area contributed by atoms with Crippen molar-refractivity contribution < 1.29 is 4.79 Å². The molecule has 2 rings (SSSR count). The standard InChI is InChI=1S/C12H13N3O/c1-12(2)7-14-9-5-3-4-8(6-13)10(9)15-11(12)16/h3-5,14H,7H2,1-2H3,(H,15,16). The van der Waals surface area contributed by atoms with Gasteiger partial charge in [-0.1, -0.05) is 6.07 Å². The highest BCUT2D eigenvalue weighted by atomic mass is 16.2. The SMILES string of the molecule is CC1(C)CNc2cccc(C#N)c2NC1=O. The van der Waals surface area contributed by atoms with Crippen molar-refractivity contribution in [1.29, 1.82) is 5.26 Å². The van der Waals surface area contributed by atoms with Crippen LogP contribution in [0.1, 0.15) is 19.4 Å². The maximum Gasteiger partial charge on any atom is 0.231 e. The van der Waals surface area contributed by atoms with Gasteiger partial charge < -0.3 is 10.6 Å². The Morgan fingerprint density at radius 3 is 2.88 bits per heavy atom. The van der Waals surface area contributed by atoms with Gasteiger partial charge in [-0.05, 0) is 26.0 Å². The van der Waals surface area contributed by atoms with E-state index >= 15 is 0 Å². The normalized spacial score (nSPS) is 17.4. The number of hydrogen-bond donors (Lipinski definition) is 2. The number of nitrogens with one attached hydrogen (secondary N) is 2. The summed E-state index contributed by atoms with van der Waals surface area (Å²) in [6, 6.07) is 7.43. The first-order chi connectivity index (χ1) is 7.54. The van der Waals surface area contributed by atoms with Crippen LogP contribution >= 0.6 is 0 Å². The highest BCUT2D eigenvalue weighted by molar-refractivity contribution is 6.00. The third kappa shape index (κ3) is 1.61. The first kappa shape index (κ1) is 10.5. The van der Waals surface area contributed by atoms with E-state index in [0.717, 1.165) is 5.69 Å². The molecule has 0 fully saturated rings. The van der Waals surface area contributed by atoms with Crippen molar-refractivity contribution in [3.8, 4) is 6.07 Å². The molecule has 4 heteroatoms. The molecule has 0 saturated carbocycles. The number of hydrogen-bond acceptors (Lipinski definition) is 3. The van der Waals surface area contributed by atoms with Crippen LogP contribution in [0, 0.1) is 16.7 Å². The highest BCUT2D eigenvalue weighted by Crippen LogP contribution is 2.32. The van der Waals surface area contributed by atoms with Gasteiger partial charge in [0.1, 0.15) is 6.07 Å². The second-order valence-corrected chi connectivity index (χ2v) is 4.53. The van der Waals surface area contributed by atoms with Crippen LogP contribution in [0.5, 0.6) is 0 Å². The summed E-state index contributed by atoms with van der Waals surface area (Å²) >= 11 is 0. The number of amides is 1. The van der Waals surface area contributed by atoms with E-state index in [1.165, 1.54) is 0 Å². The Morgan fingerprint density at radius 2 is 2.19 bits per heavy atom. The number of anilines is 2. The van der Waals surface area contributed by atoms with Gasteiger partial charge in [-0.2, -0.15) is 5.26 Å². The third-order valence-electron chi connectivity index (χ3n) is 2.76. The number of carbonyl (C=O) groups is 1. The molecule has 1 aliphatic rings. The molecule has 1 aromatic carbocycles. The zero-order valence-electron chi connectivity index (χ0n) is 9.29. The van der Waals surface area contributed by atoms with Crippen molar-refractivity contribution in [3.63, 3.8) is 0 Å². The lowest BCUT2D eigenvalue weighted by Gasteiger charge is -2.19. The lowest BCUT2D eigenvalue weighted by atomic mass is 9.93. The summed E-state index contributed by atoms with van der Waals surface area (Å²) in [5, 5.41) is 15.0. The largest absolute Gasteiger partial charge is 0.382 e. The Balaban J connectivity index is 2.50. The molecule has 4 nitrogen and oxygen atoms in total. The maximum atomic E-state index is 11.9. The third-order valence-corrected chi connectivity index (χ3v) is 2.76. The molecular weight excluding hydrogens is 202 g/mol. The van der Waals surface area contributed by atoms with Gasteiger partial charge in [0.2, 0.25) is 5.91 Å². The molecule has 82 valence electrons. The molecule has 0 aliphatic carbocycles. The molecule has 0 saturated heterocycles. The van der Waals surface area contributed by atoms with Crippen LogP contribution in [-0.2, 0) is 4.79 Å². The van der Waals surface area contributed by atoms with Crippen molar-refractivity contribution >= 4 is 17.3 Å². The van der Waals surface area contributed by atoms with E-state index in [4.69, 9.17) is 5.26 Å². The molecule has 0 spiro atoms.